The van der Waals surface area contributed by atoms with Crippen LogP contribution in [0.3, 0.4) is 0 Å². The molecule has 0 saturated carbocycles. The van der Waals surface area contributed by atoms with Gasteiger partial charge in [-0.3, -0.25) is 4.79 Å². The minimum absolute atomic E-state index is 0.239. The second-order valence-corrected chi connectivity index (χ2v) is 6.58. The zero-order valence-electron chi connectivity index (χ0n) is 12.1. The third-order valence-corrected chi connectivity index (χ3v) is 4.26. The number of benzene rings is 1. The maximum Gasteiger partial charge on any atom is 0.311 e. The first-order valence-corrected chi connectivity index (χ1v) is 8.77. The Bertz CT molecular complexity index is 500. The Kier molecular flexibility index (Phi) is 8.63. The van der Waals surface area contributed by atoms with Crippen molar-refractivity contribution in [2.75, 3.05) is 0 Å². The molecule has 5 heteroatoms. The molecule has 0 fully saturated rings. The van der Waals surface area contributed by atoms with Crippen LogP contribution in [0.1, 0.15) is 57.4 Å². The Morgan fingerprint density at radius 3 is 2.29 bits per heavy atom. The lowest BCUT2D eigenvalue weighted by atomic mass is 10.1. The summed E-state index contributed by atoms with van der Waals surface area (Å²) in [6.07, 6.45) is 7.23. The predicted octanol–water partition coefficient (Wildman–Crippen LogP) is 5.74. The molecule has 1 aromatic carbocycles. The van der Waals surface area contributed by atoms with E-state index in [2.05, 4.69) is 38.8 Å². The second kappa shape index (κ2) is 9.97. The number of hydrogen-bond acceptors (Lipinski definition) is 3. The van der Waals surface area contributed by atoms with Crippen molar-refractivity contribution in [3.63, 3.8) is 0 Å². The number of rotatable bonds is 8. The number of ether oxygens (including phenoxy) is 1. The number of halogens is 2. The molecule has 3 nitrogen and oxygen atoms in total. The molecule has 0 aliphatic carbocycles. The fourth-order valence-electron chi connectivity index (χ4n) is 1.94. The zero-order valence-corrected chi connectivity index (χ0v) is 15.3. The van der Waals surface area contributed by atoms with Crippen molar-refractivity contribution in [2.45, 2.75) is 51.9 Å². The van der Waals surface area contributed by atoms with E-state index in [1.54, 1.807) is 12.1 Å². The van der Waals surface area contributed by atoms with E-state index in [0.29, 0.717) is 26.7 Å². The van der Waals surface area contributed by atoms with Crippen LogP contribution in [0.4, 0.5) is 0 Å². The molecule has 1 aromatic rings. The Morgan fingerprint density at radius 2 is 1.71 bits per heavy atom. The van der Waals surface area contributed by atoms with E-state index in [1.807, 2.05) is 6.07 Å². The summed E-state index contributed by atoms with van der Waals surface area (Å²) in [6.45, 7) is 2.19. The van der Waals surface area contributed by atoms with Crippen LogP contribution in [0, 0.1) is 11.3 Å². The molecule has 0 aliphatic heterocycles. The molecule has 0 unspecified atom stereocenters. The summed E-state index contributed by atoms with van der Waals surface area (Å²) in [7, 11) is 0. The molecule has 0 aromatic heterocycles. The molecule has 0 aliphatic rings. The molecule has 114 valence electrons. The van der Waals surface area contributed by atoms with Crippen LogP contribution in [-0.4, -0.2) is 5.97 Å². The van der Waals surface area contributed by atoms with E-state index in [4.69, 9.17) is 10.00 Å². The maximum atomic E-state index is 11.8. The molecule has 0 heterocycles. The van der Waals surface area contributed by atoms with E-state index in [0.717, 1.165) is 12.8 Å². The van der Waals surface area contributed by atoms with Gasteiger partial charge in [0, 0.05) is 6.42 Å². The maximum absolute atomic E-state index is 11.8. The number of hydrogen-bond donors (Lipinski definition) is 0. The van der Waals surface area contributed by atoms with Crippen molar-refractivity contribution in [2.24, 2.45) is 0 Å². The predicted molar refractivity (Wildman–Crippen MR) is 90.2 cm³/mol. The van der Waals surface area contributed by atoms with E-state index in [9.17, 15) is 4.79 Å². The number of unbranched alkanes of at least 4 members (excludes halogenated alkanes) is 5. The summed E-state index contributed by atoms with van der Waals surface area (Å²) >= 11 is 6.64. The summed E-state index contributed by atoms with van der Waals surface area (Å²) in [4.78, 5) is 11.8. The van der Waals surface area contributed by atoms with Gasteiger partial charge in [0.25, 0.3) is 0 Å². The number of nitriles is 1. The molecule has 0 atom stereocenters. The zero-order chi connectivity index (χ0) is 15.7. The highest BCUT2D eigenvalue weighted by molar-refractivity contribution is 9.11. The van der Waals surface area contributed by atoms with Crippen LogP contribution in [0.5, 0.6) is 5.75 Å². The van der Waals surface area contributed by atoms with Gasteiger partial charge in [0.2, 0.25) is 0 Å². The van der Waals surface area contributed by atoms with E-state index >= 15 is 0 Å². The Morgan fingerprint density at radius 1 is 1.14 bits per heavy atom. The fourth-order valence-corrected chi connectivity index (χ4v) is 3.28. The summed E-state index contributed by atoms with van der Waals surface area (Å²) in [5.74, 6) is 0.196. The highest BCUT2D eigenvalue weighted by atomic mass is 79.9. The first-order valence-electron chi connectivity index (χ1n) is 7.18. The van der Waals surface area contributed by atoms with Crippen LogP contribution < -0.4 is 4.74 Å². The molecule has 0 N–H and O–H groups in total. The summed E-state index contributed by atoms with van der Waals surface area (Å²) in [6, 6.07) is 5.32. The largest absolute Gasteiger partial charge is 0.424 e. The number of esters is 1. The molecule has 0 bridgehead atoms. The monoisotopic (exact) mass is 415 g/mol. The summed E-state index contributed by atoms with van der Waals surface area (Å²) in [5, 5.41) is 8.86. The van der Waals surface area contributed by atoms with Gasteiger partial charge >= 0.3 is 5.97 Å². The quantitative estimate of drug-likeness (QED) is 0.308. The molecule has 0 amide bonds. The van der Waals surface area contributed by atoms with Gasteiger partial charge in [-0.25, -0.2) is 0 Å². The lowest BCUT2D eigenvalue weighted by molar-refractivity contribution is -0.134. The topological polar surface area (TPSA) is 50.1 Å². The molecule has 21 heavy (non-hydrogen) atoms. The molecular weight excluding hydrogens is 398 g/mol. The van der Waals surface area contributed by atoms with Crippen LogP contribution in [-0.2, 0) is 4.79 Å². The second-order valence-electron chi connectivity index (χ2n) is 4.87. The van der Waals surface area contributed by atoms with Crippen LogP contribution in [0.25, 0.3) is 0 Å². The summed E-state index contributed by atoms with van der Waals surface area (Å²) in [5.41, 5.74) is 0.504. The average molecular weight is 417 g/mol. The molecule has 1 rings (SSSR count). The third kappa shape index (κ3) is 6.62. The lowest BCUT2D eigenvalue weighted by Crippen LogP contribution is -2.08. The Hall–Kier alpha value is -0.860. The number of carbonyl (C=O) groups is 1. The van der Waals surface area contributed by atoms with Gasteiger partial charge in [-0.15, -0.1) is 0 Å². The highest BCUT2D eigenvalue weighted by Crippen LogP contribution is 2.35. The number of nitrogens with zero attached hydrogens (tertiary/aromatic N) is 1. The van der Waals surface area contributed by atoms with Crippen molar-refractivity contribution >= 4 is 37.8 Å². The van der Waals surface area contributed by atoms with Gasteiger partial charge in [-0.05, 0) is 50.4 Å². The van der Waals surface area contributed by atoms with E-state index in [1.165, 1.54) is 25.7 Å². The van der Waals surface area contributed by atoms with Crippen molar-refractivity contribution in [3.05, 3.63) is 26.6 Å². The number of carbonyl (C=O) groups excluding carboxylic acids is 1. The van der Waals surface area contributed by atoms with Crippen LogP contribution in [0.15, 0.2) is 21.1 Å². The lowest BCUT2D eigenvalue weighted by Gasteiger charge is -2.09. The smallest absolute Gasteiger partial charge is 0.311 e. The van der Waals surface area contributed by atoms with Gasteiger partial charge in [0.1, 0.15) is 0 Å². The van der Waals surface area contributed by atoms with Gasteiger partial charge in [0.05, 0.1) is 20.6 Å². The first-order chi connectivity index (χ1) is 10.1. The third-order valence-electron chi connectivity index (χ3n) is 3.08. The van der Waals surface area contributed by atoms with Crippen molar-refractivity contribution in [1.29, 1.82) is 5.26 Å². The van der Waals surface area contributed by atoms with Gasteiger partial charge in [0.15, 0.2) is 5.75 Å². The summed E-state index contributed by atoms with van der Waals surface area (Å²) < 4.78 is 6.56. The van der Waals surface area contributed by atoms with Crippen molar-refractivity contribution in [1.82, 2.24) is 0 Å². The average Bonchev–Trinajstić information content (AvgIpc) is 2.46. The molecule has 0 saturated heterocycles. The van der Waals surface area contributed by atoms with Gasteiger partial charge in [-0.1, -0.05) is 39.0 Å². The van der Waals surface area contributed by atoms with Crippen LogP contribution >= 0.6 is 31.9 Å². The van der Waals surface area contributed by atoms with E-state index < -0.39 is 0 Å². The van der Waals surface area contributed by atoms with Gasteiger partial charge < -0.3 is 4.74 Å². The van der Waals surface area contributed by atoms with E-state index in [-0.39, 0.29) is 5.97 Å². The fraction of sp³-hybridized carbons (Fsp3) is 0.500. The minimum atomic E-state index is -0.239. The SMILES string of the molecule is CCCCCCCCC(=O)Oc1c(Br)cc(C#N)cc1Br. The standard InChI is InChI=1S/C16H19Br2NO2/c1-2-3-4-5-6-7-8-15(20)21-16-13(17)9-12(11-19)10-14(16)18/h9-10H,2-8H2,1H3. The van der Waals surface area contributed by atoms with Crippen LogP contribution in [0.2, 0.25) is 0 Å². The normalized spacial score (nSPS) is 10.2. The molecular formula is C16H19Br2NO2. The Balaban J connectivity index is 2.43. The molecule has 0 spiro atoms. The van der Waals surface area contributed by atoms with Gasteiger partial charge in [-0.2, -0.15) is 5.26 Å². The minimum Gasteiger partial charge on any atom is -0.424 e. The highest BCUT2D eigenvalue weighted by Gasteiger charge is 2.13. The first kappa shape index (κ1) is 18.2. The van der Waals surface area contributed by atoms with Crippen molar-refractivity contribution in [3.8, 4) is 11.8 Å². The Labute approximate surface area is 142 Å². The molecule has 0 radical (unpaired) electrons. The van der Waals surface area contributed by atoms with Crippen molar-refractivity contribution < 1.29 is 9.53 Å².